The van der Waals surface area contributed by atoms with Crippen LogP contribution in [-0.4, -0.2) is 58.4 Å². The first-order valence-corrected chi connectivity index (χ1v) is 8.93. The molecule has 0 saturated carbocycles. The van der Waals surface area contributed by atoms with Gasteiger partial charge >= 0.3 is 6.03 Å². The standard InChI is InChI=1S/C17H23N7O2/c1-23-14-5-4-12(11-13(14)21-22-23)19-17(25)20-16-15(3-2-6-18-16)24-7-9-26-10-8-24/h2-3,6,12H,4-5,7-11H2,1H3,(H2,18,19,20,25). The van der Waals surface area contributed by atoms with Gasteiger partial charge in [-0.25, -0.2) is 9.78 Å². The summed E-state index contributed by atoms with van der Waals surface area (Å²) in [7, 11) is 1.90. The van der Waals surface area contributed by atoms with Gasteiger partial charge in [0.2, 0.25) is 0 Å². The minimum Gasteiger partial charge on any atom is -0.378 e. The van der Waals surface area contributed by atoms with E-state index in [-0.39, 0.29) is 12.1 Å². The number of rotatable bonds is 3. The third-order valence-corrected chi connectivity index (χ3v) is 4.90. The van der Waals surface area contributed by atoms with E-state index >= 15 is 0 Å². The lowest BCUT2D eigenvalue weighted by atomic mass is 9.96. The Balaban J connectivity index is 1.39. The van der Waals surface area contributed by atoms with Gasteiger partial charge in [0, 0.05) is 38.8 Å². The maximum atomic E-state index is 12.5. The second-order valence-electron chi connectivity index (χ2n) is 6.62. The van der Waals surface area contributed by atoms with Gasteiger partial charge in [-0.3, -0.25) is 10.00 Å². The zero-order chi connectivity index (χ0) is 17.9. The Hall–Kier alpha value is -2.68. The molecule has 1 saturated heterocycles. The van der Waals surface area contributed by atoms with Gasteiger partial charge in [-0.2, -0.15) is 0 Å². The molecule has 2 aromatic heterocycles. The lowest BCUT2D eigenvalue weighted by molar-refractivity contribution is 0.122. The number of aryl methyl sites for hydroxylation is 1. The maximum absolute atomic E-state index is 12.5. The first kappa shape index (κ1) is 16.8. The lowest BCUT2D eigenvalue weighted by Gasteiger charge is -2.30. The highest BCUT2D eigenvalue weighted by Gasteiger charge is 2.25. The van der Waals surface area contributed by atoms with Crippen LogP contribution in [0.15, 0.2) is 18.3 Å². The Morgan fingerprint density at radius 3 is 3.04 bits per heavy atom. The normalized spacial score (nSPS) is 19.7. The van der Waals surface area contributed by atoms with Crippen LogP contribution in [0.5, 0.6) is 0 Å². The summed E-state index contributed by atoms with van der Waals surface area (Å²) in [6.45, 7) is 2.95. The molecule has 2 amide bonds. The third-order valence-electron chi connectivity index (χ3n) is 4.90. The van der Waals surface area contributed by atoms with Gasteiger partial charge in [0.15, 0.2) is 5.82 Å². The van der Waals surface area contributed by atoms with Crippen molar-refractivity contribution in [3.05, 3.63) is 29.7 Å². The maximum Gasteiger partial charge on any atom is 0.320 e. The van der Waals surface area contributed by atoms with E-state index in [4.69, 9.17) is 4.74 Å². The van der Waals surface area contributed by atoms with Gasteiger partial charge in [-0.05, 0) is 25.0 Å². The highest BCUT2D eigenvalue weighted by molar-refractivity contribution is 5.91. The van der Waals surface area contributed by atoms with E-state index in [2.05, 4.69) is 30.8 Å². The summed E-state index contributed by atoms with van der Waals surface area (Å²) in [5.41, 5.74) is 3.05. The smallest absolute Gasteiger partial charge is 0.320 e. The van der Waals surface area contributed by atoms with Crippen molar-refractivity contribution in [2.24, 2.45) is 7.05 Å². The molecule has 2 N–H and O–H groups in total. The number of carbonyl (C=O) groups is 1. The SMILES string of the molecule is Cn1nnc2c1CCC(NC(=O)Nc1ncccc1N1CCOCC1)C2. The van der Waals surface area contributed by atoms with E-state index in [1.807, 2.05) is 23.9 Å². The predicted molar refractivity (Wildman–Crippen MR) is 96.2 cm³/mol. The Labute approximate surface area is 151 Å². The second-order valence-corrected chi connectivity index (χ2v) is 6.62. The van der Waals surface area contributed by atoms with Gasteiger partial charge in [-0.15, -0.1) is 5.10 Å². The Bertz CT molecular complexity index is 785. The van der Waals surface area contributed by atoms with Gasteiger partial charge in [0.1, 0.15) is 0 Å². The number of nitrogens with one attached hydrogen (secondary N) is 2. The summed E-state index contributed by atoms with van der Waals surface area (Å²) >= 11 is 0. The first-order valence-electron chi connectivity index (χ1n) is 8.93. The molecule has 2 aliphatic rings. The third kappa shape index (κ3) is 3.48. The van der Waals surface area contributed by atoms with Crippen LogP contribution in [0.3, 0.4) is 0 Å². The van der Waals surface area contributed by atoms with Crippen molar-refractivity contribution in [2.45, 2.75) is 25.3 Å². The molecule has 0 spiro atoms. The number of nitrogens with zero attached hydrogens (tertiary/aromatic N) is 5. The molecule has 1 aliphatic carbocycles. The Kier molecular flexibility index (Phi) is 4.70. The van der Waals surface area contributed by atoms with Crippen LogP contribution in [0, 0.1) is 0 Å². The van der Waals surface area contributed by atoms with Crippen molar-refractivity contribution >= 4 is 17.5 Å². The molecular weight excluding hydrogens is 334 g/mol. The van der Waals surface area contributed by atoms with Gasteiger partial charge < -0.3 is 15.0 Å². The van der Waals surface area contributed by atoms with Crippen molar-refractivity contribution in [3.8, 4) is 0 Å². The number of pyridine rings is 1. The molecule has 1 unspecified atom stereocenters. The van der Waals surface area contributed by atoms with Crippen molar-refractivity contribution in [1.29, 1.82) is 0 Å². The first-order chi connectivity index (χ1) is 12.7. The van der Waals surface area contributed by atoms with Crippen molar-refractivity contribution in [3.63, 3.8) is 0 Å². The minimum atomic E-state index is -0.240. The largest absolute Gasteiger partial charge is 0.378 e. The number of ether oxygens (including phenoxy) is 1. The van der Waals surface area contributed by atoms with Crippen LogP contribution in [0.4, 0.5) is 16.3 Å². The fourth-order valence-electron chi connectivity index (χ4n) is 3.54. The monoisotopic (exact) mass is 357 g/mol. The van der Waals surface area contributed by atoms with Crippen molar-refractivity contribution in [2.75, 3.05) is 36.5 Å². The number of aromatic nitrogens is 4. The molecule has 4 rings (SSSR count). The Morgan fingerprint density at radius 1 is 1.35 bits per heavy atom. The molecule has 9 nitrogen and oxygen atoms in total. The average Bonchev–Trinajstić information content (AvgIpc) is 3.03. The molecule has 1 fully saturated rings. The predicted octanol–water partition coefficient (Wildman–Crippen LogP) is 0.726. The molecule has 2 aromatic rings. The molecule has 0 aromatic carbocycles. The average molecular weight is 357 g/mol. The molecule has 1 aliphatic heterocycles. The number of amides is 2. The summed E-state index contributed by atoms with van der Waals surface area (Å²) in [5, 5.41) is 14.2. The molecule has 138 valence electrons. The van der Waals surface area contributed by atoms with Crippen LogP contribution < -0.4 is 15.5 Å². The van der Waals surface area contributed by atoms with Crippen LogP contribution in [-0.2, 0) is 24.6 Å². The van der Waals surface area contributed by atoms with Crippen molar-refractivity contribution < 1.29 is 9.53 Å². The number of urea groups is 1. The van der Waals surface area contributed by atoms with Crippen LogP contribution in [0.25, 0.3) is 0 Å². The topological polar surface area (TPSA) is 97.2 Å². The van der Waals surface area contributed by atoms with Gasteiger partial charge in [0.25, 0.3) is 0 Å². The highest BCUT2D eigenvalue weighted by Crippen LogP contribution is 2.24. The number of hydrogen-bond acceptors (Lipinski definition) is 6. The number of fused-ring (bicyclic) bond motifs is 1. The minimum absolute atomic E-state index is 0.0507. The zero-order valence-corrected chi connectivity index (χ0v) is 14.8. The van der Waals surface area contributed by atoms with E-state index in [0.29, 0.717) is 25.5 Å². The Morgan fingerprint density at radius 2 is 2.19 bits per heavy atom. The van der Waals surface area contributed by atoms with Crippen molar-refractivity contribution in [1.82, 2.24) is 25.3 Å². The molecule has 26 heavy (non-hydrogen) atoms. The fraction of sp³-hybridized carbons (Fsp3) is 0.529. The molecule has 0 bridgehead atoms. The van der Waals surface area contributed by atoms with Gasteiger partial charge in [-0.1, -0.05) is 5.21 Å². The fourth-order valence-corrected chi connectivity index (χ4v) is 3.54. The van der Waals surface area contributed by atoms with Crippen LogP contribution >= 0.6 is 0 Å². The molecule has 3 heterocycles. The summed E-state index contributed by atoms with van der Waals surface area (Å²) < 4.78 is 7.21. The van der Waals surface area contributed by atoms with E-state index in [0.717, 1.165) is 43.0 Å². The van der Waals surface area contributed by atoms with Crippen LogP contribution in [0.2, 0.25) is 0 Å². The van der Waals surface area contributed by atoms with E-state index < -0.39 is 0 Å². The quantitative estimate of drug-likeness (QED) is 0.840. The molecule has 9 heteroatoms. The van der Waals surface area contributed by atoms with E-state index in [9.17, 15) is 4.79 Å². The van der Waals surface area contributed by atoms with E-state index in [1.165, 1.54) is 0 Å². The van der Waals surface area contributed by atoms with E-state index in [1.54, 1.807) is 6.20 Å². The number of carbonyl (C=O) groups excluding carboxylic acids is 1. The summed E-state index contributed by atoms with van der Waals surface area (Å²) in [5.74, 6) is 0.572. The van der Waals surface area contributed by atoms with Crippen LogP contribution in [0.1, 0.15) is 17.8 Å². The van der Waals surface area contributed by atoms with Gasteiger partial charge in [0.05, 0.1) is 30.3 Å². The summed E-state index contributed by atoms with van der Waals surface area (Å²) in [6, 6.07) is 3.66. The highest BCUT2D eigenvalue weighted by atomic mass is 16.5. The summed E-state index contributed by atoms with van der Waals surface area (Å²) in [6.07, 6.45) is 4.13. The molecule has 0 radical (unpaired) electrons. The molecular formula is C17H23N7O2. The number of anilines is 2. The summed E-state index contributed by atoms with van der Waals surface area (Å²) in [4.78, 5) is 19.0. The number of morpholine rings is 1. The molecule has 1 atom stereocenters. The zero-order valence-electron chi connectivity index (χ0n) is 14.8. The lowest BCUT2D eigenvalue weighted by Crippen LogP contribution is -2.42. The second kappa shape index (κ2) is 7.28. The number of hydrogen-bond donors (Lipinski definition) is 2.